The first kappa shape index (κ1) is 13.1. The maximum absolute atomic E-state index is 10.7. The van der Waals surface area contributed by atoms with Gasteiger partial charge in [0.1, 0.15) is 11.3 Å². The van der Waals surface area contributed by atoms with Gasteiger partial charge in [0.05, 0.1) is 12.2 Å². The number of aliphatic hydroxyl groups is 1. The van der Waals surface area contributed by atoms with Crippen molar-refractivity contribution in [3.05, 3.63) is 11.9 Å². The van der Waals surface area contributed by atoms with Gasteiger partial charge in [-0.3, -0.25) is 0 Å². The highest BCUT2D eigenvalue weighted by Gasteiger charge is 2.34. The van der Waals surface area contributed by atoms with Crippen LogP contribution in [0.5, 0.6) is 0 Å². The minimum Gasteiger partial charge on any atom is -0.383 e. The fourth-order valence-corrected chi connectivity index (χ4v) is 3.70. The van der Waals surface area contributed by atoms with Crippen molar-refractivity contribution in [2.45, 2.75) is 76.4 Å². The van der Waals surface area contributed by atoms with Crippen LogP contribution >= 0.6 is 0 Å². The summed E-state index contributed by atoms with van der Waals surface area (Å²) < 4.78 is 2.01. The average molecular weight is 263 g/mol. The minimum atomic E-state index is -0.712. The number of nitrogens with zero attached hydrogens (tertiary/aromatic N) is 3. The van der Waals surface area contributed by atoms with Crippen LogP contribution in [0.1, 0.15) is 76.4 Å². The van der Waals surface area contributed by atoms with Crippen LogP contribution in [-0.4, -0.2) is 20.1 Å². The van der Waals surface area contributed by atoms with Gasteiger partial charge in [-0.15, -0.1) is 5.10 Å². The van der Waals surface area contributed by atoms with Crippen molar-refractivity contribution < 1.29 is 5.11 Å². The van der Waals surface area contributed by atoms with E-state index in [0.717, 1.165) is 37.3 Å². The summed E-state index contributed by atoms with van der Waals surface area (Å²) in [5.41, 5.74) is 0.0852. The van der Waals surface area contributed by atoms with Crippen LogP contribution in [0.4, 0.5) is 0 Å². The van der Waals surface area contributed by atoms with Crippen molar-refractivity contribution in [1.82, 2.24) is 15.0 Å². The standard InChI is InChI=1S/C15H25N3O/c1-12-6-5-7-13(10-12)18-11-14(16-17-18)15(19)8-3-2-4-9-15/h11-13,19H,2-10H2,1H3. The summed E-state index contributed by atoms with van der Waals surface area (Å²) in [4.78, 5) is 0. The lowest BCUT2D eigenvalue weighted by Crippen LogP contribution is -2.28. The summed E-state index contributed by atoms with van der Waals surface area (Å²) in [7, 11) is 0. The Hall–Kier alpha value is -0.900. The second-order valence-corrected chi connectivity index (χ2v) is 6.60. The van der Waals surface area contributed by atoms with Crippen molar-refractivity contribution in [2.24, 2.45) is 5.92 Å². The van der Waals surface area contributed by atoms with E-state index in [9.17, 15) is 5.11 Å². The zero-order valence-corrected chi connectivity index (χ0v) is 11.9. The third-order valence-electron chi connectivity index (χ3n) is 4.95. The lowest BCUT2D eigenvalue weighted by atomic mass is 9.83. The van der Waals surface area contributed by atoms with Gasteiger partial charge in [0.25, 0.3) is 0 Å². The van der Waals surface area contributed by atoms with Crippen LogP contribution in [0.15, 0.2) is 6.20 Å². The molecule has 0 spiro atoms. The summed E-state index contributed by atoms with van der Waals surface area (Å²) in [6.45, 7) is 2.32. The Morgan fingerprint density at radius 3 is 2.74 bits per heavy atom. The Kier molecular flexibility index (Phi) is 3.61. The van der Waals surface area contributed by atoms with Gasteiger partial charge >= 0.3 is 0 Å². The monoisotopic (exact) mass is 263 g/mol. The summed E-state index contributed by atoms with van der Waals surface area (Å²) in [5, 5.41) is 19.3. The quantitative estimate of drug-likeness (QED) is 0.891. The molecule has 19 heavy (non-hydrogen) atoms. The van der Waals surface area contributed by atoms with Gasteiger partial charge in [0, 0.05) is 0 Å². The van der Waals surface area contributed by atoms with Gasteiger partial charge < -0.3 is 5.11 Å². The van der Waals surface area contributed by atoms with Crippen LogP contribution in [0.3, 0.4) is 0 Å². The molecular formula is C15H25N3O. The average Bonchev–Trinajstić information content (AvgIpc) is 2.90. The summed E-state index contributed by atoms with van der Waals surface area (Å²) in [5.74, 6) is 0.782. The molecule has 1 aromatic heterocycles. The lowest BCUT2D eigenvalue weighted by molar-refractivity contribution is -0.00476. The first-order valence-electron chi connectivity index (χ1n) is 7.82. The van der Waals surface area contributed by atoms with E-state index in [-0.39, 0.29) is 0 Å². The van der Waals surface area contributed by atoms with Crippen molar-refractivity contribution in [1.29, 1.82) is 0 Å². The third kappa shape index (κ3) is 2.69. The largest absolute Gasteiger partial charge is 0.383 e. The van der Waals surface area contributed by atoms with Gasteiger partial charge in [-0.05, 0) is 31.6 Å². The molecule has 1 heterocycles. The Morgan fingerprint density at radius 1 is 1.21 bits per heavy atom. The Bertz CT molecular complexity index is 423. The molecule has 2 aliphatic rings. The van der Waals surface area contributed by atoms with Gasteiger partial charge in [0.15, 0.2) is 0 Å². The lowest BCUT2D eigenvalue weighted by Gasteiger charge is -2.30. The minimum absolute atomic E-state index is 0.484. The second-order valence-electron chi connectivity index (χ2n) is 6.60. The fourth-order valence-electron chi connectivity index (χ4n) is 3.70. The molecule has 0 radical (unpaired) electrons. The van der Waals surface area contributed by atoms with Crippen LogP contribution in [0.2, 0.25) is 0 Å². The molecule has 2 fully saturated rings. The van der Waals surface area contributed by atoms with E-state index in [1.165, 1.54) is 32.1 Å². The molecule has 106 valence electrons. The second kappa shape index (κ2) is 5.23. The van der Waals surface area contributed by atoms with Crippen LogP contribution < -0.4 is 0 Å². The fraction of sp³-hybridized carbons (Fsp3) is 0.867. The van der Waals surface area contributed by atoms with Crippen LogP contribution in [0, 0.1) is 5.92 Å². The zero-order chi connectivity index (χ0) is 13.3. The van der Waals surface area contributed by atoms with Crippen molar-refractivity contribution in [2.75, 3.05) is 0 Å². The molecule has 0 bridgehead atoms. The molecule has 2 atom stereocenters. The molecule has 4 nitrogen and oxygen atoms in total. The first-order valence-corrected chi connectivity index (χ1v) is 7.82. The van der Waals surface area contributed by atoms with E-state index < -0.39 is 5.60 Å². The normalized spacial score (nSPS) is 31.3. The molecule has 0 amide bonds. The maximum atomic E-state index is 10.7. The molecule has 4 heteroatoms. The van der Waals surface area contributed by atoms with E-state index in [1.807, 2.05) is 10.9 Å². The van der Waals surface area contributed by atoms with Crippen LogP contribution in [-0.2, 0) is 5.60 Å². The Morgan fingerprint density at radius 2 is 2.00 bits per heavy atom. The van der Waals surface area contributed by atoms with Gasteiger partial charge in [-0.25, -0.2) is 4.68 Å². The predicted molar refractivity (Wildman–Crippen MR) is 73.7 cm³/mol. The van der Waals surface area contributed by atoms with E-state index in [0.29, 0.717) is 6.04 Å². The molecular weight excluding hydrogens is 238 g/mol. The topological polar surface area (TPSA) is 50.9 Å². The smallest absolute Gasteiger partial charge is 0.114 e. The predicted octanol–water partition coefficient (Wildman–Crippen LogP) is 3.18. The zero-order valence-electron chi connectivity index (χ0n) is 11.9. The summed E-state index contributed by atoms with van der Waals surface area (Å²) in [6.07, 6.45) is 12.1. The van der Waals surface area contributed by atoms with Crippen molar-refractivity contribution >= 4 is 0 Å². The Balaban J connectivity index is 1.75. The van der Waals surface area contributed by atoms with Crippen molar-refractivity contribution in [3.8, 4) is 0 Å². The van der Waals surface area contributed by atoms with Gasteiger partial charge in [-0.2, -0.15) is 0 Å². The number of rotatable bonds is 2. The number of hydrogen-bond donors (Lipinski definition) is 1. The highest BCUT2D eigenvalue weighted by molar-refractivity contribution is 5.08. The van der Waals surface area contributed by atoms with Crippen molar-refractivity contribution in [3.63, 3.8) is 0 Å². The van der Waals surface area contributed by atoms with E-state index >= 15 is 0 Å². The van der Waals surface area contributed by atoms with Crippen LogP contribution in [0.25, 0.3) is 0 Å². The number of aromatic nitrogens is 3. The van der Waals surface area contributed by atoms with Gasteiger partial charge in [0.2, 0.25) is 0 Å². The molecule has 2 saturated carbocycles. The maximum Gasteiger partial charge on any atom is 0.114 e. The molecule has 0 aliphatic heterocycles. The molecule has 2 aliphatic carbocycles. The van der Waals surface area contributed by atoms with E-state index in [1.54, 1.807) is 0 Å². The van der Waals surface area contributed by atoms with E-state index in [4.69, 9.17) is 0 Å². The highest BCUT2D eigenvalue weighted by atomic mass is 16.3. The first-order chi connectivity index (χ1) is 9.17. The van der Waals surface area contributed by atoms with Gasteiger partial charge in [-0.1, -0.05) is 44.2 Å². The number of hydrogen-bond acceptors (Lipinski definition) is 3. The molecule has 2 unspecified atom stereocenters. The third-order valence-corrected chi connectivity index (χ3v) is 4.95. The molecule has 0 saturated heterocycles. The summed E-state index contributed by atoms with van der Waals surface area (Å²) in [6, 6.07) is 0.484. The van der Waals surface area contributed by atoms with E-state index in [2.05, 4.69) is 17.2 Å². The molecule has 3 rings (SSSR count). The highest BCUT2D eigenvalue weighted by Crippen LogP contribution is 2.37. The Labute approximate surface area is 115 Å². The summed E-state index contributed by atoms with van der Waals surface area (Å²) >= 11 is 0. The molecule has 0 aromatic carbocycles. The molecule has 1 N–H and O–H groups in total. The molecule has 1 aromatic rings. The SMILES string of the molecule is CC1CCCC(n2cc(C3(O)CCCCC3)nn2)C1.